The Bertz CT molecular complexity index is 179. The molecular formula is C6H8ClNO2. The monoisotopic (exact) mass is 161 g/mol. The van der Waals surface area contributed by atoms with Crippen LogP contribution in [0.4, 0.5) is 0 Å². The van der Waals surface area contributed by atoms with Gasteiger partial charge in [0.05, 0.1) is 0 Å². The number of hydrogen-bond acceptors (Lipinski definition) is 2. The van der Waals surface area contributed by atoms with Crippen molar-refractivity contribution in [3.05, 3.63) is 11.1 Å². The summed E-state index contributed by atoms with van der Waals surface area (Å²) < 4.78 is 0. The first-order chi connectivity index (χ1) is 4.74. The first-order valence-corrected chi connectivity index (χ1v) is 3.42. The summed E-state index contributed by atoms with van der Waals surface area (Å²) in [4.78, 5) is 10.3. The van der Waals surface area contributed by atoms with Crippen LogP contribution in [0.5, 0.6) is 0 Å². The molecule has 0 aromatic rings. The van der Waals surface area contributed by atoms with E-state index >= 15 is 0 Å². The van der Waals surface area contributed by atoms with Gasteiger partial charge in [-0.15, -0.1) is 0 Å². The van der Waals surface area contributed by atoms with Crippen molar-refractivity contribution in [2.45, 2.75) is 12.5 Å². The summed E-state index contributed by atoms with van der Waals surface area (Å²) in [6, 6.07) is -0.440. The van der Waals surface area contributed by atoms with Gasteiger partial charge in [0.15, 0.2) is 0 Å². The molecule has 4 heteroatoms. The van der Waals surface area contributed by atoms with Crippen molar-refractivity contribution in [3.63, 3.8) is 0 Å². The predicted octanol–water partition coefficient (Wildman–Crippen LogP) is 0.556. The second-order valence-electron chi connectivity index (χ2n) is 2.24. The fourth-order valence-corrected chi connectivity index (χ4v) is 1.08. The summed E-state index contributed by atoms with van der Waals surface area (Å²) in [5.74, 6) is -0.812. The maximum atomic E-state index is 10.3. The van der Waals surface area contributed by atoms with Gasteiger partial charge in [-0.25, -0.2) is 0 Å². The number of carbonyl (C=O) groups is 1. The van der Waals surface area contributed by atoms with E-state index in [4.69, 9.17) is 16.7 Å². The number of halogens is 1. The summed E-state index contributed by atoms with van der Waals surface area (Å²) >= 11 is 5.38. The van der Waals surface area contributed by atoms with Crippen molar-refractivity contribution in [1.82, 2.24) is 5.32 Å². The van der Waals surface area contributed by atoms with Crippen LogP contribution >= 0.6 is 11.6 Å². The summed E-state index contributed by atoms with van der Waals surface area (Å²) in [7, 11) is 0. The Morgan fingerprint density at radius 2 is 2.60 bits per heavy atom. The van der Waals surface area contributed by atoms with Gasteiger partial charge in [-0.1, -0.05) is 11.6 Å². The molecule has 0 saturated carbocycles. The fourth-order valence-electron chi connectivity index (χ4n) is 0.919. The van der Waals surface area contributed by atoms with Gasteiger partial charge >= 0.3 is 5.97 Å². The zero-order valence-corrected chi connectivity index (χ0v) is 6.06. The minimum absolute atomic E-state index is 0.440. The standard InChI is InChI=1S/C6H8ClNO2/c7-2-4-1-5(6(9)10)8-3-4/h2,5,8H,1,3H2,(H,9,10). The van der Waals surface area contributed by atoms with Gasteiger partial charge in [0.2, 0.25) is 0 Å². The van der Waals surface area contributed by atoms with Crippen molar-refractivity contribution in [3.8, 4) is 0 Å². The molecular weight excluding hydrogens is 154 g/mol. The van der Waals surface area contributed by atoms with Crippen LogP contribution in [0.25, 0.3) is 0 Å². The number of carboxylic acids is 1. The normalized spacial score (nSPS) is 29.3. The maximum Gasteiger partial charge on any atom is 0.321 e. The van der Waals surface area contributed by atoms with E-state index in [1.807, 2.05) is 0 Å². The second kappa shape index (κ2) is 3.03. The van der Waals surface area contributed by atoms with Gasteiger partial charge in [0.1, 0.15) is 6.04 Å². The van der Waals surface area contributed by atoms with Crippen LogP contribution in [0.2, 0.25) is 0 Å². The second-order valence-corrected chi connectivity index (χ2v) is 2.46. The highest BCUT2D eigenvalue weighted by Gasteiger charge is 2.23. The van der Waals surface area contributed by atoms with E-state index in [2.05, 4.69) is 5.32 Å². The van der Waals surface area contributed by atoms with Gasteiger partial charge in [-0.3, -0.25) is 4.79 Å². The molecule has 1 fully saturated rings. The molecule has 10 heavy (non-hydrogen) atoms. The molecule has 2 N–H and O–H groups in total. The highest BCUT2D eigenvalue weighted by molar-refractivity contribution is 6.25. The topological polar surface area (TPSA) is 49.3 Å². The summed E-state index contributed by atoms with van der Waals surface area (Å²) in [5, 5.41) is 11.3. The highest BCUT2D eigenvalue weighted by atomic mass is 35.5. The zero-order valence-electron chi connectivity index (χ0n) is 5.30. The lowest BCUT2D eigenvalue weighted by atomic mass is 10.2. The molecule has 0 spiro atoms. The first-order valence-electron chi connectivity index (χ1n) is 2.98. The number of rotatable bonds is 1. The van der Waals surface area contributed by atoms with Crippen LogP contribution < -0.4 is 5.32 Å². The van der Waals surface area contributed by atoms with Crippen LogP contribution in [-0.4, -0.2) is 23.7 Å². The van der Waals surface area contributed by atoms with E-state index < -0.39 is 12.0 Å². The molecule has 1 unspecified atom stereocenters. The third kappa shape index (κ3) is 1.49. The van der Waals surface area contributed by atoms with Gasteiger partial charge in [-0.05, 0) is 12.0 Å². The minimum atomic E-state index is -0.812. The van der Waals surface area contributed by atoms with E-state index in [9.17, 15) is 4.79 Å². The number of aliphatic carboxylic acids is 1. The zero-order chi connectivity index (χ0) is 7.56. The minimum Gasteiger partial charge on any atom is -0.480 e. The first kappa shape index (κ1) is 7.57. The van der Waals surface area contributed by atoms with Crippen molar-refractivity contribution in [2.75, 3.05) is 6.54 Å². The Morgan fingerprint density at radius 1 is 1.90 bits per heavy atom. The quantitative estimate of drug-likeness (QED) is 0.591. The maximum absolute atomic E-state index is 10.3. The Labute approximate surface area is 63.7 Å². The molecule has 0 bridgehead atoms. The molecule has 0 amide bonds. The number of nitrogens with one attached hydrogen (secondary N) is 1. The molecule has 0 aromatic carbocycles. The van der Waals surface area contributed by atoms with E-state index in [0.29, 0.717) is 13.0 Å². The van der Waals surface area contributed by atoms with Crippen molar-refractivity contribution >= 4 is 17.6 Å². The molecule has 1 heterocycles. The lowest BCUT2D eigenvalue weighted by molar-refractivity contribution is -0.138. The number of hydrogen-bond donors (Lipinski definition) is 2. The molecule has 1 aliphatic heterocycles. The van der Waals surface area contributed by atoms with Gasteiger partial charge < -0.3 is 10.4 Å². The summed E-state index contributed by atoms with van der Waals surface area (Å²) in [5.41, 5.74) is 2.39. The number of carboxylic acid groups (broad SMARTS) is 1. The summed E-state index contributed by atoms with van der Waals surface area (Å²) in [6.45, 7) is 0.598. The molecule has 56 valence electrons. The molecule has 0 aliphatic carbocycles. The van der Waals surface area contributed by atoms with Crippen LogP contribution in [0.1, 0.15) is 6.42 Å². The third-order valence-corrected chi connectivity index (χ3v) is 1.80. The Kier molecular flexibility index (Phi) is 2.29. The van der Waals surface area contributed by atoms with E-state index in [0.717, 1.165) is 5.57 Å². The molecule has 1 saturated heterocycles. The molecule has 1 rings (SSSR count). The smallest absolute Gasteiger partial charge is 0.321 e. The average Bonchev–Trinajstić information content (AvgIpc) is 2.34. The van der Waals surface area contributed by atoms with Crippen LogP contribution in [0, 0.1) is 0 Å². The molecule has 1 atom stereocenters. The predicted molar refractivity (Wildman–Crippen MR) is 38.0 cm³/mol. The van der Waals surface area contributed by atoms with Crippen LogP contribution in [0.15, 0.2) is 11.1 Å². The lowest BCUT2D eigenvalue weighted by Gasteiger charge is -1.99. The third-order valence-electron chi connectivity index (χ3n) is 1.49. The molecule has 0 radical (unpaired) electrons. The van der Waals surface area contributed by atoms with Gasteiger partial charge in [-0.2, -0.15) is 0 Å². The van der Waals surface area contributed by atoms with Crippen molar-refractivity contribution in [1.29, 1.82) is 0 Å². The Balaban J connectivity index is 2.51. The van der Waals surface area contributed by atoms with E-state index in [-0.39, 0.29) is 0 Å². The van der Waals surface area contributed by atoms with Crippen molar-refractivity contribution in [2.24, 2.45) is 0 Å². The summed E-state index contributed by atoms with van der Waals surface area (Å²) in [6.07, 6.45) is 0.527. The van der Waals surface area contributed by atoms with Crippen LogP contribution in [-0.2, 0) is 4.79 Å². The fraction of sp³-hybridized carbons (Fsp3) is 0.500. The van der Waals surface area contributed by atoms with Gasteiger partial charge in [0, 0.05) is 12.1 Å². The Hall–Kier alpha value is -0.540. The van der Waals surface area contributed by atoms with Gasteiger partial charge in [0.25, 0.3) is 0 Å². The molecule has 1 aliphatic rings. The highest BCUT2D eigenvalue weighted by Crippen LogP contribution is 2.13. The SMILES string of the molecule is O=C(O)C1CC(=CCl)CN1. The van der Waals surface area contributed by atoms with Crippen LogP contribution in [0.3, 0.4) is 0 Å². The Morgan fingerprint density at radius 3 is 2.90 bits per heavy atom. The average molecular weight is 162 g/mol. The molecule has 0 aromatic heterocycles. The van der Waals surface area contributed by atoms with E-state index in [1.54, 1.807) is 0 Å². The van der Waals surface area contributed by atoms with Crippen molar-refractivity contribution < 1.29 is 9.90 Å². The molecule has 3 nitrogen and oxygen atoms in total. The largest absolute Gasteiger partial charge is 0.480 e. The van der Waals surface area contributed by atoms with E-state index in [1.165, 1.54) is 5.54 Å². The lowest BCUT2D eigenvalue weighted by Crippen LogP contribution is -2.29.